The molecule has 0 N–H and O–H groups in total. The van der Waals surface area contributed by atoms with E-state index in [-0.39, 0.29) is 0 Å². The predicted octanol–water partition coefficient (Wildman–Crippen LogP) is 12.2. The minimum Gasteiger partial charge on any atom is -0.192 e. The Morgan fingerprint density at radius 2 is 1.02 bits per heavy atom. The average molecular weight is 602 g/mol. The second-order valence-electron chi connectivity index (χ2n) is 12.0. The SMILES string of the molecule is N#Cc1cc(-c2cccc(-c3cccc4c3Cc3ccccc3-4)c2)cc(-c2cccc(-c3cccc4c3sc3ccccc34)c2)c1. The van der Waals surface area contributed by atoms with Gasteiger partial charge in [0, 0.05) is 20.2 Å². The molecule has 1 nitrogen and oxygen atoms in total. The summed E-state index contributed by atoms with van der Waals surface area (Å²) in [4.78, 5) is 0. The molecule has 0 radical (unpaired) electrons. The van der Waals surface area contributed by atoms with Gasteiger partial charge in [-0.1, -0.05) is 115 Å². The maximum absolute atomic E-state index is 10.1. The van der Waals surface area contributed by atoms with Crippen molar-refractivity contribution in [1.82, 2.24) is 0 Å². The molecule has 1 heterocycles. The van der Waals surface area contributed by atoms with E-state index in [4.69, 9.17) is 0 Å². The van der Waals surface area contributed by atoms with E-state index in [1.807, 2.05) is 23.5 Å². The molecule has 0 atom stereocenters. The summed E-state index contributed by atoms with van der Waals surface area (Å²) in [5.74, 6) is 0. The van der Waals surface area contributed by atoms with Crippen LogP contribution in [-0.4, -0.2) is 0 Å². The molecule has 0 bridgehead atoms. The van der Waals surface area contributed by atoms with Gasteiger partial charge in [0.05, 0.1) is 11.6 Å². The molecule has 2 heteroatoms. The van der Waals surface area contributed by atoms with Crippen LogP contribution in [0, 0.1) is 11.3 Å². The lowest BCUT2D eigenvalue weighted by atomic mass is 9.91. The van der Waals surface area contributed by atoms with E-state index in [0.29, 0.717) is 5.56 Å². The molecular formula is C44H27NS. The van der Waals surface area contributed by atoms with Gasteiger partial charge in [0.15, 0.2) is 0 Å². The van der Waals surface area contributed by atoms with Crippen molar-refractivity contribution in [2.45, 2.75) is 6.42 Å². The average Bonchev–Trinajstić information content (AvgIpc) is 3.70. The first-order valence-electron chi connectivity index (χ1n) is 15.6. The quantitative estimate of drug-likeness (QED) is 0.197. The molecule has 0 unspecified atom stereocenters. The van der Waals surface area contributed by atoms with Crippen LogP contribution in [0.3, 0.4) is 0 Å². The number of rotatable bonds is 4. The van der Waals surface area contributed by atoms with Crippen molar-refractivity contribution in [3.8, 4) is 61.7 Å². The van der Waals surface area contributed by atoms with Crippen molar-refractivity contribution in [2.24, 2.45) is 0 Å². The molecule has 8 aromatic rings. The van der Waals surface area contributed by atoms with Gasteiger partial charge in [-0.2, -0.15) is 5.26 Å². The van der Waals surface area contributed by atoms with Crippen LogP contribution in [0.2, 0.25) is 0 Å². The zero-order chi connectivity index (χ0) is 30.6. The Labute approximate surface area is 272 Å². The van der Waals surface area contributed by atoms with Gasteiger partial charge < -0.3 is 0 Å². The fourth-order valence-electron chi connectivity index (χ4n) is 7.16. The molecule has 0 amide bonds. The molecule has 1 aromatic heterocycles. The van der Waals surface area contributed by atoms with E-state index in [9.17, 15) is 5.26 Å². The maximum Gasteiger partial charge on any atom is 0.0992 e. The summed E-state index contributed by atoms with van der Waals surface area (Å²) >= 11 is 1.85. The van der Waals surface area contributed by atoms with E-state index < -0.39 is 0 Å². The highest BCUT2D eigenvalue weighted by Crippen LogP contribution is 2.43. The Morgan fingerprint density at radius 3 is 1.83 bits per heavy atom. The summed E-state index contributed by atoms with van der Waals surface area (Å²) < 4.78 is 2.61. The Bertz CT molecular complexity index is 2530. The first-order chi connectivity index (χ1) is 22.7. The Kier molecular flexibility index (Phi) is 6.20. The molecule has 0 saturated heterocycles. The van der Waals surface area contributed by atoms with Gasteiger partial charge in [-0.15, -0.1) is 11.3 Å². The summed E-state index contributed by atoms with van der Waals surface area (Å²) in [7, 11) is 0. The molecule has 0 spiro atoms. The van der Waals surface area contributed by atoms with Crippen LogP contribution >= 0.6 is 11.3 Å². The van der Waals surface area contributed by atoms with E-state index in [1.54, 1.807) is 0 Å². The normalized spacial score (nSPS) is 11.8. The van der Waals surface area contributed by atoms with Crippen LogP contribution in [0.25, 0.3) is 75.8 Å². The molecule has 9 rings (SSSR count). The molecule has 1 aliphatic rings. The fraction of sp³-hybridized carbons (Fsp3) is 0.0227. The highest BCUT2D eigenvalue weighted by Gasteiger charge is 2.21. The van der Waals surface area contributed by atoms with Crippen LogP contribution in [0.5, 0.6) is 0 Å². The van der Waals surface area contributed by atoms with Crippen molar-refractivity contribution in [3.05, 3.63) is 168 Å². The van der Waals surface area contributed by atoms with Gasteiger partial charge in [0.1, 0.15) is 0 Å². The van der Waals surface area contributed by atoms with Gasteiger partial charge in [-0.25, -0.2) is 0 Å². The van der Waals surface area contributed by atoms with Crippen LogP contribution in [0.4, 0.5) is 0 Å². The lowest BCUT2D eigenvalue weighted by Gasteiger charge is -2.13. The van der Waals surface area contributed by atoms with Crippen molar-refractivity contribution in [1.29, 1.82) is 5.26 Å². The summed E-state index contributed by atoms with van der Waals surface area (Å²) in [6, 6.07) is 56.8. The smallest absolute Gasteiger partial charge is 0.0992 e. The van der Waals surface area contributed by atoms with Gasteiger partial charge >= 0.3 is 0 Å². The van der Waals surface area contributed by atoms with Crippen LogP contribution in [-0.2, 0) is 6.42 Å². The molecule has 0 fully saturated rings. The molecule has 0 aliphatic heterocycles. The van der Waals surface area contributed by atoms with E-state index in [0.717, 1.165) is 28.7 Å². The van der Waals surface area contributed by atoms with Crippen molar-refractivity contribution in [3.63, 3.8) is 0 Å². The number of benzene rings is 7. The van der Waals surface area contributed by atoms with Gasteiger partial charge in [0.2, 0.25) is 0 Å². The van der Waals surface area contributed by atoms with Crippen molar-refractivity contribution < 1.29 is 0 Å². The topological polar surface area (TPSA) is 23.8 Å². The molecule has 0 saturated carbocycles. The number of hydrogen-bond acceptors (Lipinski definition) is 2. The van der Waals surface area contributed by atoms with E-state index >= 15 is 0 Å². The number of fused-ring (bicyclic) bond motifs is 6. The Hall–Kier alpha value is -5.75. The predicted molar refractivity (Wildman–Crippen MR) is 194 cm³/mol. The first-order valence-corrected chi connectivity index (χ1v) is 16.4. The lowest BCUT2D eigenvalue weighted by molar-refractivity contribution is 1.26. The zero-order valence-corrected chi connectivity index (χ0v) is 25.8. The second kappa shape index (κ2) is 10.7. The first kappa shape index (κ1) is 26.6. The van der Waals surface area contributed by atoms with Crippen LogP contribution < -0.4 is 0 Å². The second-order valence-corrected chi connectivity index (χ2v) is 13.1. The Balaban J connectivity index is 1.12. The minimum absolute atomic E-state index is 0.658. The standard InChI is InChI=1S/C44H27NS/c45-27-28-21-34(29-10-5-12-31(23-29)37-16-7-18-39-36-14-2-1-9-33(36)26-42(37)39)25-35(22-28)30-11-6-13-32(24-30)38-17-8-19-41-40-15-3-4-20-43(40)46-44(38)41/h1-25H,26H2. The lowest BCUT2D eigenvalue weighted by Crippen LogP contribution is -1.90. The molecule has 214 valence electrons. The van der Waals surface area contributed by atoms with Crippen LogP contribution in [0.1, 0.15) is 16.7 Å². The third-order valence-electron chi connectivity index (χ3n) is 9.33. The van der Waals surface area contributed by atoms with Crippen molar-refractivity contribution >= 4 is 31.5 Å². The number of thiophene rings is 1. The summed E-state index contributed by atoms with van der Waals surface area (Å²) in [5.41, 5.74) is 15.3. The summed E-state index contributed by atoms with van der Waals surface area (Å²) in [5, 5.41) is 12.7. The third kappa shape index (κ3) is 4.37. The number of nitriles is 1. The number of hydrogen-bond donors (Lipinski definition) is 0. The van der Waals surface area contributed by atoms with E-state index in [2.05, 4.69) is 146 Å². The third-order valence-corrected chi connectivity index (χ3v) is 10.6. The van der Waals surface area contributed by atoms with Gasteiger partial charge in [-0.3, -0.25) is 0 Å². The van der Waals surface area contributed by atoms with Gasteiger partial charge in [-0.05, 0) is 110 Å². The number of nitrogens with zero attached hydrogens (tertiary/aromatic N) is 1. The maximum atomic E-state index is 10.1. The van der Waals surface area contributed by atoms with Crippen molar-refractivity contribution in [2.75, 3.05) is 0 Å². The molecule has 46 heavy (non-hydrogen) atoms. The minimum atomic E-state index is 0.658. The largest absolute Gasteiger partial charge is 0.192 e. The van der Waals surface area contributed by atoms with Gasteiger partial charge in [0.25, 0.3) is 0 Å². The summed E-state index contributed by atoms with van der Waals surface area (Å²) in [6.07, 6.45) is 0.950. The monoisotopic (exact) mass is 601 g/mol. The molecule has 1 aliphatic carbocycles. The zero-order valence-electron chi connectivity index (χ0n) is 25.0. The highest BCUT2D eigenvalue weighted by atomic mass is 32.1. The van der Waals surface area contributed by atoms with E-state index in [1.165, 1.54) is 64.7 Å². The fourth-order valence-corrected chi connectivity index (χ4v) is 8.40. The molecule has 7 aromatic carbocycles. The highest BCUT2D eigenvalue weighted by molar-refractivity contribution is 7.26. The Morgan fingerprint density at radius 1 is 0.457 bits per heavy atom. The van der Waals surface area contributed by atoms with Crippen LogP contribution in [0.15, 0.2) is 152 Å². The molecular weight excluding hydrogens is 575 g/mol. The summed E-state index contributed by atoms with van der Waals surface area (Å²) in [6.45, 7) is 0.